The summed E-state index contributed by atoms with van der Waals surface area (Å²) in [6.45, 7) is 13.2. The second kappa shape index (κ2) is 11.9. The van der Waals surface area contributed by atoms with Crippen molar-refractivity contribution in [1.29, 1.82) is 0 Å². The molecule has 1 aromatic heterocycles. The molecule has 0 aliphatic rings. The van der Waals surface area contributed by atoms with Gasteiger partial charge in [0.2, 0.25) is 0 Å². The van der Waals surface area contributed by atoms with Crippen LogP contribution in [0.3, 0.4) is 0 Å². The molecule has 0 bridgehead atoms. The molecule has 2 aromatic carbocycles. The van der Waals surface area contributed by atoms with E-state index < -0.39 is 0 Å². The average molecular weight is 595 g/mol. The van der Waals surface area contributed by atoms with Gasteiger partial charge in [-0.15, -0.1) is 34.9 Å². The van der Waals surface area contributed by atoms with Crippen LogP contribution >= 0.6 is 0 Å². The molecule has 0 aliphatic carbocycles. The van der Waals surface area contributed by atoms with Crippen molar-refractivity contribution in [2.45, 2.75) is 54.9 Å². The van der Waals surface area contributed by atoms with Crippen LogP contribution in [0, 0.1) is 25.8 Å². The molecule has 167 valence electrons. The van der Waals surface area contributed by atoms with E-state index in [-0.39, 0.29) is 31.6 Å². The number of nitrogens with zero attached hydrogens (tertiary/aromatic N) is 1. The first-order valence-electron chi connectivity index (χ1n) is 10.3. The first-order chi connectivity index (χ1) is 14.1. The van der Waals surface area contributed by atoms with Crippen LogP contribution in [0.4, 0.5) is 0 Å². The molecular formula is C27H32IrNO2-. The molecule has 4 heteroatoms. The molecule has 3 rings (SSSR count). The Morgan fingerprint density at radius 1 is 1.03 bits per heavy atom. The van der Waals surface area contributed by atoms with Crippen molar-refractivity contribution in [3.63, 3.8) is 0 Å². The monoisotopic (exact) mass is 595 g/mol. The second-order valence-corrected chi connectivity index (χ2v) is 8.34. The molecule has 0 amide bonds. The largest absolute Gasteiger partial charge is 0.512 e. The van der Waals surface area contributed by atoms with Crippen LogP contribution in [0.2, 0.25) is 0 Å². The summed E-state index contributed by atoms with van der Waals surface area (Å²) < 4.78 is 0. The van der Waals surface area contributed by atoms with Crippen molar-refractivity contribution in [2.24, 2.45) is 5.92 Å². The topological polar surface area (TPSA) is 50.2 Å². The number of benzene rings is 2. The molecule has 0 fully saturated rings. The number of aryl methyl sites for hydroxylation is 2. The molecule has 0 saturated heterocycles. The fourth-order valence-electron chi connectivity index (χ4n) is 3.20. The Balaban J connectivity index is 0.000000461. The predicted molar refractivity (Wildman–Crippen MR) is 126 cm³/mol. The summed E-state index contributed by atoms with van der Waals surface area (Å²) in [5, 5.41) is 9.85. The number of aromatic nitrogens is 1. The van der Waals surface area contributed by atoms with E-state index in [0.29, 0.717) is 11.5 Å². The van der Waals surface area contributed by atoms with Crippen LogP contribution in [0.5, 0.6) is 0 Å². The molecule has 0 aliphatic heterocycles. The van der Waals surface area contributed by atoms with E-state index in [9.17, 15) is 4.79 Å². The Morgan fingerprint density at radius 2 is 1.68 bits per heavy atom. The van der Waals surface area contributed by atoms with Crippen molar-refractivity contribution in [3.05, 3.63) is 76.6 Å². The van der Waals surface area contributed by atoms with Crippen molar-refractivity contribution in [2.75, 3.05) is 0 Å². The molecular weight excluding hydrogens is 563 g/mol. The quantitative estimate of drug-likeness (QED) is 0.202. The minimum absolute atomic E-state index is 0. The van der Waals surface area contributed by atoms with Crippen molar-refractivity contribution in [1.82, 2.24) is 4.98 Å². The molecule has 31 heavy (non-hydrogen) atoms. The number of Topliss-reactive ketones (excluding diaryl/α,β-unsaturated/α-hetero) is 1. The Hall–Kier alpha value is -2.29. The van der Waals surface area contributed by atoms with Gasteiger partial charge in [-0.3, -0.25) is 9.78 Å². The number of carbonyl (C=O) groups is 1. The van der Waals surface area contributed by atoms with Crippen molar-refractivity contribution < 1.29 is 30.0 Å². The van der Waals surface area contributed by atoms with Gasteiger partial charge in [-0.05, 0) is 55.8 Å². The summed E-state index contributed by atoms with van der Waals surface area (Å²) in [4.78, 5) is 15.2. The van der Waals surface area contributed by atoms with Gasteiger partial charge in [-0.2, -0.15) is 0 Å². The number of aliphatic hydroxyl groups is 1. The average Bonchev–Trinajstić information content (AvgIpc) is 2.66. The summed E-state index contributed by atoms with van der Waals surface area (Å²) >= 11 is 0. The third-order valence-corrected chi connectivity index (χ3v) is 4.90. The second-order valence-electron chi connectivity index (χ2n) is 8.34. The zero-order valence-electron chi connectivity index (χ0n) is 19.5. The Labute approximate surface area is 200 Å². The summed E-state index contributed by atoms with van der Waals surface area (Å²) in [5.41, 5.74) is 7.35. The van der Waals surface area contributed by atoms with Crippen LogP contribution in [-0.2, 0) is 31.3 Å². The first kappa shape index (κ1) is 26.7. The van der Waals surface area contributed by atoms with E-state index >= 15 is 0 Å². The van der Waals surface area contributed by atoms with Gasteiger partial charge in [0.1, 0.15) is 0 Å². The molecule has 0 saturated carbocycles. The molecule has 3 nitrogen and oxygen atoms in total. The molecule has 1 N–H and O–H groups in total. The minimum atomic E-state index is -0.0787. The Morgan fingerprint density at radius 3 is 2.19 bits per heavy atom. The van der Waals surface area contributed by atoms with Crippen molar-refractivity contribution >= 4 is 16.7 Å². The van der Waals surface area contributed by atoms with Crippen LogP contribution in [0.1, 0.15) is 51.3 Å². The Kier molecular flexibility index (Phi) is 10.3. The van der Waals surface area contributed by atoms with E-state index in [1.165, 1.54) is 30.4 Å². The van der Waals surface area contributed by atoms with E-state index in [1.54, 1.807) is 6.92 Å². The number of fused-ring (bicyclic) bond motifs is 1. The zero-order valence-corrected chi connectivity index (χ0v) is 21.9. The summed E-state index contributed by atoms with van der Waals surface area (Å²) in [5.74, 6) is 0.691. The van der Waals surface area contributed by atoms with Crippen LogP contribution in [-0.4, -0.2) is 15.9 Å². The number of rotatable bonds is 4. The molecule has 0 atom stereocenters. The van der Waals surface area contributed by atoms with Gasteiger partial charge in [-0.25, -0.2) is 0 Å². The number of ketones is 1. The van der Waals surface area contributed by atoms with Gasteiger partial charge in [-0.1, -0.05) is 52.0 Å². The van der Waals surface area contributed by atoms with E-state index in [0.717, 1.165) is 28.8 Å². The number of hydrogen-bond acceptors (Lipinski definition) is 3. The number of hydrogen-bond donors (Lipinski definition) is 1. The van der Waals surface area contributed by atoms with Gasteiger partial charge in [0.25, 0.3) is 0 Å². The van der Waals surface area contributed by atoms with Gasteiger partial charge >= 0.3 is 0 Å². The number of aliphatic hydroxyl groups excluding tert-OH is 1. The Bertz CT molecular complexity index is 1060. The molecule has 3 aromatic rings. The van der Waals surface area contributed by atoms with Crippen LogP contribution in [0.15, 0.2) is 53.8 Å². The summed E-state index contributed by atoms with van der Waals surface area (Å²) in [6.07, 6.45) is 1.09. The smallest absolute Gasteiger partial charge is 0.158 e. The maximum atomic E-state index is 10.4. The SMILES string of the molecule is CC(=O)C(C)=C(C)O.Cc1[c-]c(-c2ccc3ccc(CC(C)C)cc3n2)cc(C)c1.[Ir]. The maximum Gasteiger partial charge on any atom is 0.158 e. The summed E-state index contributed by atoms with van der Waals surface area (Å²) in [7, 11) is 0. The van der Waals surface area contributed by atoms with E-state index in [4.69, 9.17) is 10.1 Å². The van der Waals surface area contributed by atoms with E-state index in [2.05, 4.69) is 76.2 Å². The standard InChI is InChI=1S/C21H22N.C6H10O2.Ir/c1-14(2)9-17-5-6-18-7-8-20(22-21(18)13-17)19-11-15(3)10-16(4)12-19;1-4(5(2)7)6(3)8;/h5-8,10-11,13-14H,9H2,1-4H3;7H,1-3H3;/q-1;;. The van der Waals surface area contributed by atoms with E-state index in [1.807, 2.05) is 0 Å². The van der Waals surface area contributed by atoms with Gasteiger partial charge in [0.05, 0.1) is 11.3 Å². The molecule has 1 heterocycles. The zero-order chi connectivity index (χ0) is 22.4. The molecule has 1 radical (unpaired) electrons. The van der Waals surface area contributed by atoms with Crippen LogP contribution < -0.4 is 0 Å². The maximum absolute atomic E-state index is 10.4. The third-order valence-electron chi connectivity index (χ3n) is 4.90. The predicted octanol–water partition coefficient (Wildman–Crippen LogP) is 6.94. The van der Waals surface area contributed by atoms with Crippen molar-refractivity contribution in [3.8, 4) is 11.3 Å². The van der Waals surface area contributed by atoms with Gasteiger partial charge < -0.3 is 5.11 Å². The molecule has 0 unspecified atom stereocenters. The normalized spacial score (nSPS) is 11.4. The third kappa shape index (κ3) is 8.05. The number of allylic oxidation sites excluding steroid dienone is 2. The van der Waals surface area contributed by atoms with Crippen LogP contribution in [0.25, 0.3) is 22.2 Å². The van der Waals surface area contributed by atoms with Gasteiger partial charge in [0.15, 0.2) is 5.78 Å². The fourth-order valence-corrected chi connectivity index (χ4v) is 3.20. The first-order valence-corrected chi connectivity index (χ1v) is 10.3. The molecule has 0 spiro atoms. The minimum Gasteiger partial charge on any atom is -0.512 e. The van der Waals surface area contributed by atoms with Gasteiger partial charge in [0, 0.05) is 25.7 Å². The fraction of sp³-hybridized carbons (Fsp3) is 0.333. The number of carbonyl (C=O) groups excluding carboxylic acids is 1. The number of pyridine rings is 1. The summed E-state index contributed by atoms with van der Waals surface area (Å²) in [6, 6.07) is 18.6.